The summed E-state index contributed by atoms with van der Waals surface area (Å²) in [6.45, 7) is 4.55. The molecule has 0 fully saturated rings. The SMILES string of the molecule is COc1ccc(NC(=O)N(C)C[C@@H]2OCc3ccccc3-c3c(n(C)c4ccccc34)C(=O)N([C@H](C)CO)C[C@@H]2C)c(OC)c1. The quantitative estimate of drug-likeness (QED) is 0.290. The largest absolute Gasteiger partial charge is 0.497 e. The molecule has 0 bridgehead atoms. The lowest BCUT2D eigenvalue weighted by Gasteiger charge is -2.35. The first-order valence-corrected chi connectivity index (χ1v) is 15.1. The summed E-state index contributed by atoms with van der Waals surface area (Å²) in [5.74, 6) is 0.748. The number of anilines is 1. The van der Waals surface area contributed by atoms with Gasteiger partial charge in [0, 0.05) is 55.6 Å². The molecule has 1 aromatic heterocycles. The number of benzene rings is 3. The van der Waals surface area contributed by atoms with Crippen LogP contribution in [0.1, 0.15) is 29.9 Å². The Bertz CT molecular complexity index is 1680. The fourth-order valence-corrected chi connectivity index (χ4v) is 5.99. The van der Waals surface area contributed by atoms with Crippen molar-refractivity contribution in [2.24, 2.45) is 13.0 Å². The number of nitrogens with zero attached hydrogens (tertiary/aromatic N) is 3. The smallest absolute Gasteiger partial charge is 0.321 e. The second-order valence-electron chi connectivity index (χ2n) is 11.6. The van der Waals surface area contributed by atoms with Crippen molar-refractivity contribution in [1.82, 2.24) is 14.4 Å². The van der Waals surface area contributed by atoms with Gasteiger partial charge in [-0.2, -0.15) is 0 Å². The number of nitrogens with one attached hydrogen (secondary N) is 1. The number of aromatic nitrogens is 1. The minimum absolute atomic E-state index is 0.162. The standard InChI is InChI=1S/C35H42N4O6/c1-22-18-39(23(2)20-40)34(41)33-32(27-13-9-10-14-29(27)38(33)4)26-12-8-7-11-24(26)21-45-31(22)19-37(3)35(42)36-28-16-15-25(43-5)17-30(28)44-6/h7-17,22-23,31,40H,18-21H2,1-6H3,(H,36,42)/t22-,23+,31-/m0/s1. The van der Waals surface area contributed by atoms with Crippen LogP contribution >= 0.6 is 0 Å². The lowest BCUT2D eigenvalue weighted by molar-refractivity contribution is -0.0179. The number of ether oxygens (including phenoxy) is 3. The van der Waals surface area contributed by atoms with Crippen LogP contribution in [-0.2, 0) is 18.4 Å². The highest BCUT2D eigenvalue weighted by Gasteiger charge is 2.34. The first kappa shape index (κ1) is 31.9. The molecule has 2 N–H and O–H groups in total. The zero-order valence-electron chi connectivity index (χ0n) is 26.7. The number of amides is 3. The summed E-state index contributed by atoms with van der Waals surface area (Å²) in [6, 6.07) is 20.4. The predicted molar refractivity (Wildman–Crippen MR) is 175 cm³/mol. The summed E-state index contributed by atoms with van der Waals surface area (Å²) in [7, 11) is 6.73. The molecule has 3 atom stereocenters. The van der Waals surface area contributed by atoms with E-state index in [-0.39, 0.29) is 31.0 Å². The van der Waals surface area contributed by atoms with Crippen molar-refractivity contribution in [2.45, 2.75) is 32.6 Å². The minimum Gasteiger partial charge on any atom is -0.497 e. The molecule has 0 aliphatic carbocycles. The average molecular weight is 615 g/mol. The van der Waals surface area contributed by atoms with Gasteiger partial charge >= 0.3 is 6.03 Å². The van der Waals surface area contributed by atoms with Gasteiger partial charge in [0.2, 0.25) is 0 Å². The van der Waals surface area contributed by atoms with Crippen molar-refractivity contribution in [2.75, 3.05) is 46.3 Å². The molecule has 10 nitrogen and oxygen atoms in total. The number of urea groups is 1. The Morgan fingerprint density at radius 2 is 1.84 bits per heavy atom. The first-order chi connectivity index (χ1) is 21.7. The number of aliphatic hydroxyl groups excluding tert-OH is 1. The first-order valence-electron chi connectivity index (χ1n) is 15.1. The van der Waals surface area contributed by atoms with Crippen LogP contribution in [0.5, 0.6) is 11.5 Å². The lowest BCUT2D eigenvalue weighted by Crippen LogP contribution is -2.48. The third-order valence-electron chi connectivity index (χ3n) is 8.68. The highest BCUT2D eigenvalue weighted by Crippen LogP contribution is 2.38. The van der Waals surface area contributed by atoms with Gasteiger partial charge in [-0.15, -0.1) is 0 Å². The average Bonchev–Trinajstić information content (AvgIpc) is 3.35. The van der Waals surface area contributed by atoms with Gasteiger partial charge in [-0.05, 0) is 36.2 Å². The van der Waals surface area contributed by atoms with Gasteiger partial charge in [0.1, 0.15) is 17.2 Å². The zero-order valence-corrected chi connectivity index (χ0v) is 26.7. The normalized spacial score (nSPS) is 17.6. The van der Waals surface area contributed by atoms with Gasteiger partial charge in [-0.25, -0.2) is 4.79 Å². The van der Waals surface area contributed by atoms with Crippen LogP contribution in [0.25, 0.3) is 22.0 Å². The molecule has 1 aliphatic rings. The summed E-state index contributed by atoms with van der Waals surface area (Å²) in [6.07, 6.45) is -0.425. The monoisotopic (exact) mass is 614 g/mol. The third-order valence-corrected chi connectivity index (χ3v) is 8.68. The second kappa shape index (κ2) is 13.6. The molecule has 2 heterocycles. The third kappa shape index (κ3) is 6.34. The van der Waals surface area contributed by atoms with Crippen LogP contribution in [0.4, 0.5) is 10.5 Å². The summed E-state index contributed by atoms with van der Waals surface area (Å²) in [5.41, 5.74) is 4.74. The number of carbonyl (C=O) groups excluding carboxylic acids is 2. The number of para-hydroxylation sites is 1. The molecule has 45 heavy (non-hydrogen) atoms. The molecule has 4 aromatic rings. The summed E-state index contributed by atoms with van der Waals surface area (Å²) >= 11 is 0. The molecule has 5 rings (SSSR count). The number of likely N-dealkylation sites (N-methyl/N-ethyl adjacent to an activating group) is 1. The van der Waals surface area contributed by atoms with Crippen LogP contribution in [0.2, 0.25) is 0 Å². The van der Waals surface area contributed by atoms with E-state index < -0.39 is 12.1 Å². The van der Waals surface area contributed by atoms with E-state index in [1.54, 1.807) is 42.2 Å². The summed E-state index contributed by atoms with van der Waals surface area (Å²) < 4.78 is 19.3. The number of aryl methyl sites for hydroxylation is 1. The van der Waals surface area contributed by atoms with E-state index in [4.69, 9.17) is 14.2 Å². The number of fused-ring (bicyclic) bond motifs is 5. The van der Waals surface area contributed by atoms with Crippen molar-refractivity contribution >= 4 is 28.5 Å². The van der Waals surface area contributed by atoms with Gasteiger partial charge in [-0.1, -0.05) is 49.4 Å². The Labute approximate surface area is 264 Å². The van der Waals surface area contributed by atoms with Crippen LogP contribution in [-0.4, -0.2) is 84.5 Å². The molecular formula is C35H42N4O6. The Morgan fingerprint density at radius 1 is 1.11 bits per heavy atom. The van der Waals surface area contributed by atoms with Gasteiger partial charge < -0.3 is 39.0 Å². The Morgan fingerprint density at radius 3 is 2.58 bits per heavy atom. The number of methoxy groups -OCH3 is 2. The predicted octanol–water partition coefficient (Wildman–Crippen LogP) is 5.38. The Balaban J connectivity index is 1.50. The van der Waals surface area contributed by atoms with Crippen LogP contribution < -0.4 is 14.8 Å². The molecule has 238 valence electrons. The van der Waals surface area contributed by atoms with E-state index in [1.807, 2.05) is 74.0 Å². The Kier molecular flexibility index (Phi) is 9.65. The van der Waals surface area contributed by atoms with Crippen molar-refractivity contribution in [3.8, 4) is 22.6 Å². The number of hydrogen-bond donors (Lipinski definition) is 2. The summed E-state index contributed by atoms with van der Waals surface area (Å²) in [5, 5.41) is 14.1. The van der Waals surface area contributed by atoms with E-state index in [1.165, 1.54) is 7.11 Å². The maximum Gasteiger partial charge on any atom is 0.321 e. The van der Waals surface area contributed by atoms with E-state index in [0.717, 1.165) is 27.6 Å². The fraction of sp³-hybridized carbons (Fsp3) is 0.371. The van der Waals surface area contributed by atoms with Gasteiger partial charge in [0.25, 0.3) is 5.91 Å². The maximum absolute atomic E-state index is 14.5. The van der Waals surface area contributed by atoms with Crippen LogP contribution in [0.15, 0.2) is 66.7 Å². The van der Waals surface area contributed by atoms with E-state index in [2.05, 4.69) is 5.32 Å². The summed E-state index contributed by atoms with van der Waals surface area (Å²) in [4.78, 5) is 31.2. The molecule has 3 aromatic carbocycles. The van der Waals surface area contributed by atoms with Gasteiger partial charge in [0.05, 0.1) is 45.3 Å². The maximum atomic E-state index is 14.5. The molecule has 0 saturated carbocycles. The second-order valence-corrected chi connectivity index (χ2v) is 11.6. The van der Waals surface area contributed by atoms with Gasteiger partial charge in [-0.3, -0.25) is 4.79 Å². The molecule has 0 unspecified atom stereocenters. The lowest BCUT2D eigenvalue weighted by atomic mass is 9.96. The topological polar surface area (TPSA) is 106 Å². The van der Waals surface area contributed by atoms with E-state index in [9.17, 15) is 14.7 Å². The number of rotatable bonds is 7. The van der Waals surface area contributed by atoms with Crippen LogP contribution in [0, 0.1) is 5.92 Å². The highest BCUT2D eigenvalue weighted by molar-refractivity contribution is 6.10. The van der Waals surface area contributed by atoms with E-state index >= 15 is 0 Å². The van der Waals surface area contributed by atoms with Crippen molar-refractivity contribution < 1.29 is 28.9 Å². The van der Waals surface area contributed by atoms with Gasteiger partial charge in [0.15, 0.2) is 0 Å². The van der Waals surface area contributed by atoms with Crippen molar-refractivity contribution in [1.29, 1.82) is 0 Å². The van der Waals surface area contributed by atoms with Crippen molar-refractivity contribution in [3.63, 3.8) is 0 Å². The molecule has 1 aliphatic heterocycles. The van der Waals surface area contributed by atoms with Crippen molar-refractivity contribution in [3.05, 3.63) is 78.0 Å². The number of carbonyl (C=O) groups is 2. The van der Waals surface area contributed by atoms with E-state index in [0.29, 0.717) is 36.0 Å². The fourth-order valence-electron chi connectivity index (χ4n) is 5.99. The molecule has 0 saturated heterocycles. The molecule has 0 radical (unpaired) electrons. The zero-order chi connectivity index (χ0) is 32.2. The molecule has 10 heteroatoms. The molecule has 3 amide bonds. The Hall–Kier alpha value is -4.54. The number of hydrogen-bond acceptors (Lipinski definition) is 6. The van der Waals surface area contributed by atoms with Crippen LogP contribution in [0.3, 0.4) is 0 Å². The minimum atomic E-state index is -0.439. The molecule has 0 spiro atoms. The number of aliphatic hydroxyl groups is 1. The highest BCUT2D eigenvalue weighted by atomic mass is 16.5. The molecular weight excluding hydrogens is 572 g/mol.